The Kier molecular flexibility index (Phi) is 9.83. The van der Waals surface area contributed by atoms with Crippen molar-refractivity contribution in [3.63, 3.8) is 0 Å². The Morgan fingerprint density at radius 3 is 2.05 bits per heavy atom. The highest BCUT2D eigenvalue weighted by atomic mass is 16.6. The number of nitrogens with one attached hydrogen (secondary N) is 4. The summed E-state index contributed by atoms with van der Waals surface area (Å²) >= 11 is 0. The highest BCUT2D eigenvalue weighted by molar-refractivity contribution is 6.07. The molecule has 3 amide bonds. The Morgan fingerprint density at radius 2 is 1.44 bits per heavy atom. The van der Waals surface area contributed by atoms with Gasteiger partial charge in [-0.3, -0.25) is 19.7 Å². The number of H-pyrrole nitrogens is 2. The van der Waals surface area contributed by atoms with E-state index in [1.807, 2.05) is 54.0 Å². The maximum atomic E-state index is 14.6. The van der Waals surface area contributed by atoms with Crippen LogP contribution in [0.1, 0.15) is 68.4 Å². The number of benzene rings is 5. The molecule has 0 spiro atoms. The van der Waals surface area contributed by atoms with E-state index in [1.54, 1.807) is 7.11 Å². The van der Waals surface area contributed by atoms with Crippen molar-refractivity contribution in [1.82, 2.24) is 40.4 Å². The molecule has 2 bridgehead atoms. The number of aliphatic hydroxyl groups excluding tert-OH is 1. The molecule has 4 unspecified atom stereocenters. The number of imidazole rings is 2. The molecule has 0 radical (unpaired) electrons. The van der Waals surface area contributed by atoms with Crippen molar-refractivity contribution in [2.24, 2.45) is 35.5 Å². The number of piperidine rings is 1. The lowest BCUT2D eigenvalue weighted by molar-refractivity contribution is -0.145. The van der Waals surface area contributed by atoms with E-state index in [2.05, 4.69) is 81.3 Å². The van der Waals surface area contributed by atoms with Crippen LogP contribution in [-0.4, -0.2) is 98.4 Å². The lowest BCUT2D eigenvalue weighted by Gasteiger charge is -2.31. The fraction of sp³-hybridized carbons (Fsp3) is 0.404. The Bertz CT molecular complexity index is 3060. The first-order valence-electron chi connectivity index (χ1n) is 23.4. The molecule has 2 aromatic heterocycles. The minimum absolute atomic E-state index is 0.0188. The van der Waals surface area contributed by atoms with Crippen molar-refractivity contribution in [3.05, 3.63) is 108 Å². The van der Waals surface area contributed by atoms with Crippen LogP contribution >= 0.6 is 0 Å². The Hall–Kier alpha value is -6.19. The number of amides is 3. The van der Waals surface area contributed by atoms with Crippen LogP contribution in [0.4, 0.5) is 0 Å². The van der Waals surface area contributed by atoms with E-state index in [0.717, 1.165) is 84.8 Å². The Balaban J connectivity index is 0.822. The van der Waals surface area contributed by atoms with Gasteiger partial charge in [0.1, 0.15) is 17.7 Å². The summed E-state index contributed by atoms with van der Waals surface area (Å²) in [7, 11) is 3.10. The van der Waals surface area contributed by atoms with Crippen LogP contribution in [-0.2, 0) is 23.9 Å². The average Bonchev–Trinajstić information content (AvgIpc) is 4.23. The van der Waals surface area contributed by atoms with E-state index in [4.69, 9.17) is 19.4 Å². The number of hydrogen-bond donors (Lipinski definition) is 5. The van der Waals surface area contributed by atoms with E-state index >= 15 is 0 Å². The lowest BCUT2D eigenvalue weighted by Crippen LogP contribution is -2.53. The van der Waals surface area contributed by atoms with Gasteiger partial charge in [-0.1, -0.05) is 80.6 Å². The fourth-order valence-electron chi connectivity index (χ4n) is 11.5. The van der Waals surface area contributed by atoms with Gasteiger partial charge in [-0.05, 0) is 94.7 Å². The summed E-state index contributed by atoms with van der Waals surface area (Å²) in [6, 6.07) is 29.3. The van der Waals surface area contributed by atoms with E-state index < -0.39 is 18.5 Å². The first-order chi connectivity index (χ1) is 32.1. The molecule has 3 aliphatic carbocycles. The number of carbonyl (C=O) groups excluding carboxylic acids is 3. The quantitative estimate of drug-likeness (QED) is 0.0729. The zero-order chi connectivity index (χ0) is 45.1. The number of hydrogen-bond acceptors (Lipinski definition) is 9. The van der Waals surface area contributed by atoms with Crippen LogP contribution in [0.25, 0.3) is 54.7 Å². The van der Waals surface area contributed by atoms with Gasteiger partial charge in [0.2, 0.25) is 24.1 Å². The molecule has 5 heterocycles. The van der Waals surface area contributed by atoms with Crippen molar-refractivity contribution < 1.29 is 29.0 Å². The summed E-state index contributed by atoms with van der Waals surface area (Å²) in [4.78, 5) is 63.2. The summed E-state index contributed by atoms with van der Waals surface area (Å²) in [5.41, 5.74) is 6.49. The van der Waals surface area contributed by atoms with Gasteiger partial charge in [-0.25, -0.2) is 9.97 Å². The van der Waals surface area contributed by atoms with Crippen molar-refractivity contribution in [2.45, 2.75) is 69.7 Å². The third-order valence-electron chi connectivity index (χ3n) is 15.1. The Labute approximate surface area is 381 Å². The van der Waals surface area contributed by atoms with E-state index in [1.165, 1.54) is 7.11 Å². The average molecular weight is 887 g/mol. The van der Waals surface area contributed by atoms with Gasteiger partial charge in [0.15, 0.2) is 0 Å². The second kappa shape index (κ2) is 15.7. The normalized spacial score (nSPS) is 25.5. The van der Waals surface area contributed by atoms with Gasteiger partial charge in [0, 0.05) is 49.4 Å². The summed E-state index contributed by atoms with van der Waals surface area (Å²) in [6.07, 6.45) is 1.17. The smallest absolute Gasteiger partial charge is 0.250 e. The number of nitrogens with zero attached hydrogens (tertiary/aromatic N) is 4. The molecule has 14 heteroatoms. The molecule has 5 N–H and O–H groups in total. The summed E-state index contributed by atoms with van der Waals surface area (Å²) in [6.45, 7) is 4.97. The van der Waals surface area contributed by atoms with Crippen LogP contribution in [0, 0.1) is 35.5 Å². The SMILES string of the molecule is COC[C@H]1C[C@@H](c2nc3c(ccc4cc(-c5ccc6c(ccc7[nH]c([C@@H]8C9C%10C([C@H]%109)N8C(=O)[C@@H](NC(O)OC)C(C)C)nc76)c5)ccc43)[nH]2)N(C(=O)[C@H](NC(=O)C2CC2)c2ccccc2)C1. The second-order valence-corrected chi connectivity index (χ2v) is 19.6. The second-order valence-electron chi connectivity index (χ2n) is 19.6. The molecule has 3 aliphatic heterocycles. The summed E-state index contributed by atoms with van der Waals surface area (Å²) < 4.78 is 10.6. The molecular weight excluding hydrogens is 833 g/mol. The number of aliphatic hydroxyl groups is 1. The Morgan fingerprint density at radius 1 is 0.803 bits per heavy atom. The molecule has 6 aliphatic rings. The van der Waals surface area contributed by atoms with Crippen LogP contribution in [0.2, 0.25) is 0 Å². The van der Waals surface area contributed by atoms with Crippen molar-refractivity contribution in [2.75, 3.05) is 27.4 Å². The molecule has 10 atom stereocenters. The highest BCUT2D eigenvalue weighted by Gasteiger charge is 2.85. The number of carbonyl (C=O) groups is 3. The first-order valence-corrected chi connectivity index (χ1v) is 23.4. The molecule has 7 aromatic rings. The van der Waals surface area contributed by atoms with Crippen molar-refractivity contribution >= 4 is 61.3 Å². The largest absolute Gasteiger partial charge is 0.384 e. The first kappa shape index (κ1) is 41.3. The van der Waals surface area contributed by atoms with Gasteiger partial charge in [0.05, 0.1) is 46.8 Å². The van der Waals surface area contributed by atoms with Gasteiger partial charge >= 0.3 is 0 Å². The predicted molar refractivity (Wildman–Crippen MR) is 249 cm³/mol. The molecule has 3 saturated heterocycles. The number of aromatic amines is 2. The maximum Gasteiger partial charge on any atom is 0.250 e. The van der Waals surface area contributed by atoms with Crippen LogP contribution in [0.3, 0.4) is 0 Å². The molecule has 13 rings (SSSR count). The van der Waals surface area contributed by atoms with Gasteiger partial charge in [-0.15, -0.1) is 0 Å². The molecular formula is C52H54N8O6. The standard InChI is InChI=1S/C52H54N8O6/c1-25(2)41(58-52(64)66-4)51(63)60-45-38-39(45)40(38)46(60)48-54-36-19-15-32-22-30(13-17-34(32)44(36)56-48)29-12-16-33-31(21-29)14-18-35-43(33)55-47(53-35)37-20-26(24-65-3)23-59(37)50(62)42(27-8-6-5-7-9-27)57-49(61)28-10-11-28/h5-9,12-19,21-22,25-26,28,37-42,45-46,52,58,64H,10-11,20,23-24H2,1-4H3,(H,53,55)(H,54,56)(H,57,61)/t26-,37-,38+,39?,40?,41-,42+,45?,46-,52?/m0/s1. The monoisotopic (exact) mass is 886 g/mol. The molecule has 6 fully saturated rings. The van der Waals surface area contributed by atoms with Crippen LogP contribution < -0.4 is 10.6 Å². The number of methoxy groups -OCH3 is 2. The summed E-state index contributed by atoms with van der Waals surface area (Å²) in [5, 5.41) is 20.4. The fourth-order valence-corrected chi connectivity index (χ4v) is 11.5. The van der Waals surface area contributed by atoms with Gasteiger partial charge in [0.25, 0.3) is 0 Å². The minimum atomic E-state index is -1.22. The van der Waals surface area contributed by atoms with Crippen molar-refractivity contribution in [3.8, 4) is 11.1 Å². The highest BCUT2D eigenvalue weighted by Crippen LogP contribution is 2.81. The third kappa shape index (κ3) is 6.79. The number of rotatable bonds is 14. The van der Waals surface area contributed by atoms with E-state index in [0.29, 0.717) is 37.3 Å². The molecule has 66 heavy (non-hydrogen) atoms. The topological polar surface area (TPSA) is 178 Å². The molecule has 3 saturated carbocycles. The lowest BCUT2D eigenvalue weighted by atomic mass is 9.98. The predicted octanol–water partition coefficient (Wildman–Crippen LogP) is 6.88. The zero-order valence-electron chi connectivity index (χ0n) is 37.4. The molecule has 338 valence electrons. The number of likely N-dealkylation sites (tertiary alicyclic amines) is 1. The van der Waals surface area contributed by atoms with Gasteiger partial charge < -0.3 is 39.7 Å². The summed E-state index contributed by atoms with van der Waals surface area (Å²) in [5.74, 6) is 2.84. The number of ether oxygens (including phenoxy) is 2. The maximum absolute atomic E-state index is 14.6. The van der Waals surface area contributed by atoms with Crippen molar-refractivity contribution in [1.29, 1.82) is 0 Å². The number of fused-ring (bicyclic) bond motifs is 7. The number of aromatic nitrogens is 4. The molecule has 5 aromatic carbocycles. The molecule has 14 nitrogen and oxygen atoms in total. The van der Waals surface area contributed by atoms with Gasteiger partial charge in [-0.2, -0.15) is 0 Å². The third-order valence-corrected chi connectivity index (χ3v) is 15.1. The van der Waals surface area contributed by atoms with E-state index in [-0.39, 0.29) is 53.6 Å². The van der Waals surface area contributed by atoms with Crippen LogP contribution in [0.5, 0.6) is 0 Å². The van der Waals surface area contributed by atoms with E-state index in [9.17, 15) is 19.5 Å². The minimum Gasteiger partial charge on any atom is -0.384 e. The van der Waals surface area contributed by atoms with Crippen LogP contribution in [0.15, 0.2) is 91.0 Å². The zero-order valence-corrected chi connectivity index (χ0v) is 37.4.